The lowest BCUT2D eigenvalue weighted by molar-refractivity contribution is 0.415. The highest BCUT2D eigenvalue weighted by Gasteiger charge is 2.14. The van der Waals surface area contributed by atoms with Crippen molar-refractivity contribution in [2.45, 2.75) is 0 Å². The van der Waals surface area contributed by atoms with Gasteiger partial charge >= 0.3 is 0 Å². The molecule has 0 aliphatic rings. The summed E-state index contributed by atoms with van der Waals surface area (Å²) in [5, 5.41) is 12.6. The minimum atomic E-state index is 0.0355. The van der Waals surface area contributed by atoms with Gasteiger partial charge in [0.1, 0.15) is 23.1 Å². The van der Waals surface area contributed by atoms with E-state index in [0.717, 1.165) is 11.3 Å². The average Bonchev–Trinajstić information content (AvgIpc) is 2.70. The van der Waals surface area contributed by atoms with Crippen LogP contribution in [0.5, 0.6) is 5.75 Å². The molecule has 0 spiro atoms. The lowest BCUT2D eigenvalue weighted by Gasteiger charge is -2.00. The molecule has 0 aliphatic heterocycles. The number of ether oxygens (including phenoxy) is 1. The third-order valence-electron chi connectivity index (χ3n) is 2.19. The minimum absolute atomic E-state index is 0.0355. The van der Waals surface area contributed by atoms with Crippen LogP contribution in [0, 0.1) is 11.3 Å². The molecule has 0 amide bonds. The normalized spacial score (nSPS) is 9.75. The molecular formula is C11H9N3O2. The van der Waals surface area contributed by atoms with Gasteiger partial charge < -0.3 is 15.0 Å². The fourth-order valence-electron chi connectivity index (χ4n) is 1.36. The lowest BCUT2D eigenvalue weighted by Crippen LogP contribution is -1.87. The predicted octanol–water partition coefficient (Wildman–Crippen LogP) is 1.80. The summed E-state index contributed by atoms with van der Waals surface area (Å²) in [7, 11) is 1.59. The SMILES string of the molecule is COc1ccc(-c2noc(N)c2C#N)cc1. The molecule has 0 atom stereocenters. The highest BCUT2D eigenvalue weighted by Crippen LogP contribution is 2.27. The smallest absolute Gasteiger partial charge is 0.240 e. The number of hydrogen-bond donors (Lipinski definition) is 1. The van der Waals surface area contributed by atoms with E-state index in [1.807, 2.05) is 6.07 Å². The second-order valence-corrected chi connectivity index (χ2v) is 3.11. The van der Waals surface area contributed by atoms with E-state index < -0.39 is 0 Å². The van der Waals surface area contributed by atoms with Crippen molar-refractivity contribution in [3.63, 3.8) is 0 Å². The Kier molecular flexibility index (Phi) is 2.48. The van der Waals surface area contributed by atoms with Crippen LogP contribution in [-0.4, -0.2) is 12.3 Å². The van der Waals surface area contributed by atoms with Crippen LogP contribution in [-0.2, 0) is 0 Å². The van der Waals surface area contributed by atoms with Gasteiger partial charge in [-0.3, -0.25) is 0 Å². The number of methoxy groups -OCH3 is 1. The summed E-state index contributed by atoms with van der Waals surface area (Å²) >= 11 is 0. The zero-order valence-electron chi connectivity index (χ0n) is 8.60. The topological polar surface area (TPSA) is 85.1 Å². The van der Waals surface area contributed by atoms with Crippen molar-refractivity contribution in [3.05, 3.63) is 29.8 Å². The third kappa shape index (κ3) is 1.57. The Bertz CT molecular complexity index is 537. The van der Waals surface area contributed by atoms with Gasteiger partial charge in [0.2, 0.25) is 5.88 Å². The van der Waals surface area contributed by atoms with Gasteiger partial charge in [-0.25, -0.2) is 0 Å². The van der Waals surface area contributed by atoms with Crippen LogP contribution >= 0.6 is 0 Å². The number of nitriles is 1. The van der Waals surface area contributed by atoms with Crippen molar-refractivity contribution in [1.29, 1.82) is 5.26 Å². The first-order valence-corrected chi connectivity index (χ1v) is 4.56. The highest BCUT2D eigenvalue weighted by molar-refractivity contribution is 5.71. The van der Waals surface area contributed by atoms with Crippen LogP contribution in [0.25, 0.3) is 11.3 Å². The molecule has 2 N–H and O–H groups in total. The summed E-state index contributed by atoms with van der Waals surface area (Å²) in [6.45, 7) is 0. The Morgan fingerprint density at radius 3 is 2.62 bits per heavy atom. The van der Waals surface area contributed by atoms with Crippen molar-refractivity contribution in [2.75, 3.05) is 12.8 Å². The summed E-state index contributed by atoms with van der Waals surface area (Å²) in [4.78, 5) is 0. The number of hydrogen-bond acceptors (Lipinski definition) is 5. The summed E-state index contributed by atoms with van der Waals surface area (Å²) in [6.07, 6.45) is 0. The van der Waals surface area contributed by atoms with Gasteiger partial charge in [0.25, 0.3) is 0 Å². The maximum atomic E-state index is 8.90. The number of rotatable bonds is 2. The van der Waals surface area contributed by atoms with Gasteiger partial charge in [-0.05, 0) is 24.3 Å². The van der Waals surface area contributed by atoms with Crippen molar-refractivity contribution in [2.24, 2.45) is 0 Å². The summed E-state index contributed by atoms with van der Waals surface area (Å²) in [6, 6.07) is 9.09. The van der Waals surface area contributed by atoms with E-state index in [1.54, 1.807) is 31.4 Å². The first-order chi connectivity index (χ1) is 7.76. The molecule has 0 aliphatic carbocycles. The Hall–Kier alpha value is -2.48. The first-order valence-electron chi connectivity index (χ1n) is 4.56. The molecule has 0 radical (unpaired) electrons. The number of nitrogens with zero attached hydrogens (tertiary/aromatic N) is 2. The van der Waals surface area contributed by atoms with E-state index in [2.05, 4.69) is 5.16 Å². The molecule has 16 heavy (non-hydrogen) atoms. The molecule has 1 aromatic heterocycles. The monoisotopic (exact) mass is 215 g/mol. The zero-order chi connectivity index (χ0) is 11.5. The lowest BCUT2D eigenvalue weighted by atomic mass is 10.1. The van der Waals surface area contributed by atoms with Gasteiger partial charge in [0, 0.05) is 5.56 Å². The van der Waals surface area contributed by atoms with Gasteiger partial charge in [-0.2, -0.15) is 5.26 Å². The molecule has 0 bridgehead atoms. The summed E-state index contributed by atoms with van der Waals surface area (Å²) < 4.78 is 9.80. The second-order valence-electron chi connectivity index (χ2n) is 3.11. The fraction of sp³-hybridized carbons (Fsp3) is 0.0909. The highest BCUT2D eigenvalue weighted by atomic mass is 16.5. The maximum Gasteiger partial charge on any atom is 0.240 e. The van der Waals surface area contributed by atoms with Crippen molar-refractivity contribution in [1.82, 2.24) is 5.16 Å². The van der Waals surface area contributed by atoms with E-state index in [-0.39, 0.29) is 11.4 Å². The first kappa shape index (κ1) is 10.1. The van der Waals surface area contributed by atoms with Crippen molar-refractivity contribution in [3.8, 4) is 23.1 Å². The Balaban J connectivity index is 2.47. The third-order valence-corrected chi connectivity index (χ3v) is 2.19. The minimum Gasteiger partial charge on any atom is -0.497 e. The van der Waals surface area contributed by atoms with Gasteiger partial charge in [0.05, 0.1) is 7.11 Å². The van der Waals surface area contributed by atoms with Crippen molar-refractivity contribution >= 4 is 5.88 Å². The number of anilines is 1. The largest absolute Gasteiger partial charge is 0.497 e. The predicted molar refractivity (Wildman–Crippen MR) is 57.6 cm³/mol. The fourth-order valence-corrected chi connectivity index (χ4v) is 1.36. The molecule has 5 heteroatoms. The van der Waals surface area contributed by atoms with Crippen LogP contribution in [0.1, 0.15) is 5.56 Å². The molecule has 1 aromatic carbocycles. The molecule has 0 unspecified atom stereocenters. The zero-order valence-corrected chi connectivity index (χ0v) is 8.60. The molecular weight excluding hydrogens is 206 g/mol. The number of nitrogen functional groups attached to an aromatic ring is 1. The number of benzene rings is 1. The van der Waals surface area contributed by atoms with Gasteiger partial charge in [0.15, 0.2) is 0 Å². The average molecular weight is 215 g/mol. The van der Waals surface area contributed by atoms with E-state index in [9.17, 15) is 0 Å². The molecule has 0 saturated carbocycles. The standard InChI is InChI=1S/C11H9N3O2/c1-15-8-4-2-7(3-5-8)10-9(6-12)11(13)16-14-10/h2-5H,13H2,1H3. The number of nitrogens with two attached hydrogens (primary N) is 1. The molecule has 0 fully saturated rings. The van der Waals surface area contributed by atoms with Crippen LogP contribution in [0.2, 0.25) is 0 Å². The van der Waals surface area contributed by atoms with Gasteiger partial charge in [-0.1, -0.05) is 5.16 Å². The quantitative estimate of drug-likeness (QED) is 0.825. The van der Waals surface area contributed by atoms with Crippen LogP contribution in [0.4, 0.5) is 5.88 Å². The summed E-state index contributed by atoms with van der Waals surface area (Å²) in [5.74, 6) is 0.770. The Morgan fingerprint density at radius 2 is 2.06 bits per heavy atom. The second kappa shape index (κ2) is 3.95. The van der Waals surface area contributed by atoms with Crippen LogP contribution < -0.4 is 10.5 Å². The number of aromatic nitrogens is 1. The molecule has 0 saturated heterocycles. The molecule has 1 heterocycles. The molecule has 2 rings (SSSR count). The maximum absolute atomic E-state index is 8.90. The summed E-state index contributed by atoms with van der Waals surface area (Å²) in [5.41, 5.74) is 6.93. The van der Waals surface area contributed by atoms with Crippen LogP contribution in [0.3, 0.4) is 0 Å². The Labute approximate surface area is 92.0 Å². The van der Waals surface area contributed by atoms with E-state index in [4.69, 9.17) is 20.3 Å². The van der Waals surface area contributed by atoms with Crippen molar-refractivity contribution < 1.29 is 9.26 Å². The van der Waals surface area contributed by atoms with E-state index in [1.165, 1.54) is 0 Å². The van der Waals surface area contributed by atoms with Crippen LogP contribution in [0.15, 0.2) is 28.8 Å². The van der Waals surface area contributed by atoms with Gasteiger partial charge in [-0.15, -0.1) is 0 Å². The molecule has 2 aromatic rings. The molecule has 5 nitrogen and oxygen atoms in total. The molecule has 80 valence electrons. The van der Waals surface area contributed by atoms with E-state index in [0.29, 0.717) is 5.69 Å². The Morgan fingerprint density at radius 1 is 1.38 bits per heavy atom. The van der Waals surface area contributed by atoms with E-state index >= 15 is 0 Å².